The van der Waals surface area contributed by atoms with Crippen LogP contribution in [0.3, 0.4) is 0 Å². The molecule has 1 aromatic rings. The van der Waals surface area contributed by atoms with E-state index in [1.165, 1.54) is 0 Å². The Labute approximate surface area is 156 Å². The highest BCUT2D eigenvalue weighted by atomic mass is 16.5. The average molecular weight is 361 g/mol. The second kappa shape index (κ2) is 7.16. The lowest BCUT2D eigenvalue weighted by Crippen LogP contribution is -2.37. The fourth-order valence-electron chi connectivity index (χ4n) is 3.67. The van der Waals surface area contributed by atoms with Crippen LogP contribution in [0, 0.1) is 12.3 Å². The van der Waals surface area contributed by atoms with Gasteiger partial charge >= 0.3 is 0 Å². The van der Waals surface area contributed by atoms with Crippen molar-refractivity contribution in [2.75, 3.05) is 37.7 Å². The number of aromatic nitrogens is 1. The Kier molecular flexibility index (Phi) is 5.26. The fraction of sp³-hybridized carbons (Fsp3) is 0.700. The summed E-state index contributed by atoms with van der Waals surface area (Å²) in [5.41, 5.74) is 2.39. The van der Waals surface area contributed by atoms with Crippen LogP contribution >= 0.6 is 0 Å². The number of aliphatic hydroxyl groups excluding tert-OH is 1. The number of aliphatic hydroxyl groups is 1. The molecule has 0 aromatic carbocycles. The van der Waals surface area contributed by atoms with Gasteiger partial charge in [-0.25, -0.2) is 4.98 Å². The van der Waals surface area contributed by atoms with Crippen LogP contribution in [0.1, 0.15) is 61.8 Å². The predicted molar refractivity (Wildman–Crippen MR) is 102 cm³/mol. The van der Waals surface area contributed by atoms with Crippen LogP contribution in [0.25, 0.3) is 0 Å². The van der Waals surface area contributed by atoms with E-state index in [2.05, 4.69) is 4.90 Å². The third kappa shape index (κ3) is 3.58. The molecule has 3 heterocycles. The minimum absolute atomic E-state index is 0.0344. The van der Waals surface area contributed by atoms with E-state index in [1.807, 2.05) is 45.6 Å². The molecule has 0 spiro atoms. The Morgan fingerprint density at radius 1 is 1.35 bits per heavy atom. The molecule has 1 N–H and O–H groups in total. The van der Waals surface area contributed by atoms with Gasteiger partial charge in [-0.15, -0.1) is 0 Å². The monoisotopic (exact) mass is 361 g/mol. The van der Waals surface area contributed by atoms with Crippen LogP contribution in [0.15, 0.2) is 6.07 Å². The first kappa shape index (κ1) is 19.1. The zero-order valence-corrected chi connectivity index (χ0v) is 16.6. The van der Waals surface area contributed by atoms with Gasteiger partial charge in [-0.2, -0.15) is 0 Å². The van der Waals surface area contributed by atoms with Crippen molar-refractivity contribution in [1.29, 1.82) is 0 Å². The maximum Gasteiger partial charge on any atom is 0.256 e. The van der Waals surface area contributed by atoms with Gasteiger partial charge in [0.25, 0.3) is 5.91 Å². The van der Waals surface area contributed by atoms with Gasteiger partial charge < -0.3 is 19.6 Å². The number of anilines is 1. The molecule has 144 valence electrons. The summed E-state index contributed by atoms with van der Waals surface area (Å²) in [7, 11) is 0. The molecule has 0 bridgehead atoms. The van der Waals surface area contributed by atoms with E-state index in [4.69, 9.17) is 9.72 Å². The van der Waals surface area contributed by atoms with Gasteiger partial charge in [0.2, 0.25) is 0 Å². The van der Waals surface area contributed by atoms with Crippen molar-refractivity contribution in [1.82, 2.24) is 9.88 Å². The summed E-state index contributed by atoms with van der Waals surface area (Å²) in [6, 6.07) is 1.95. The minimum atomic E-state index is -0.441. The lowest BCUT2D eigenvalue weighted by Gasteiger charge is -2.29. The molecule has 0 aliphatic carbocycles. The Hall–Kier alpha value is -1.66. The Bertz CT molecular complexity index is 678. The van der Waals surface area contributed by atoms with Crippen LogP contribution < -0.4 is 4.90 Å². The summed E-state index contributed by atoms with van der Waals surface area (Å²) in [5, 5.41) is 10.3. The number of pyridine rings is 1. The number of rotatable bonds is 4. The van der Waals surface area contributed by atoms with Gasteiger partial charge in [0, 0.05) is 19.6 Å². The number of carbonyl (C=O) groups is 1. The number of nitrogens with zero attached hydrogens (tertiary/aromatic N) is 3. The van der Waals surface area contributed by atoms with E-state index < -0.39 is 6.10 Å². The van der Waals surface area contributed by atoms with Crippen molar-refractivity contribution in [3.63, 3.8) is 0 Å². The summed E-state index contributed by atoms with van der Waals surface area (Å²) < 4.78 is 5.43. The average Bonchev–Trinajstić information content (AvgIpc) is 2.84. The molecule has 1 amide bonds. The third-order valence-corrected chi connectivity index (χ3v) is 5.55. The van der Waals surface area contributed by atoms with Crippen molar-refractivity contribution < 1.29 is 14.6 Å². The number of carbonyl (C=O) groups excluding carboxylic acids is 1. The summed E-state index contributed by atoms with van der Waals surface area (Å²) in [6.07, 6.45) is 0.132. The van der Waals surface area contributed by atoms with E-state index in [1.54, 1.807) is 0 Å². The molecule has 3 rings (SSSR count). The number of morpholine rings is 1. The van der Waals surface area contributed by atoms with Gasteiger partial charge in [0.05, 0.1) is 36.6 Å². The van der Waals surface area contributed by atoms with Crippen molar-refractivity contribution in [2.24, 2.45) is 5.41 Å². The molecular formula is C20H31N3O3. The van der Waals surface area contributed by atoms with E-state index in [0.717, 1.165) is 35.7 Å². The summed E-state index contributed by atoms with van der Waals surface area (Å²) >= 11 is 0. The molecular weight excluding hydrogens is 330 g/mol. The molecule has 2 aliphatic rings. The van der Waals surface area contributed by atoms with E-state index in [-0.39, 0.29) is 17.4 Å². The highest BCUT2D eigenvalue weighted by molar-refractivity contribution is 6.00. The van der Waals surface area contributed by atoms with Gasteiger partial charge in [-0.05, 0) is 37.3 Å². The molecule has 2 unspecified atom stereocenters. The number of aryl methyl sites for hydroxylation is 1. The predicted octanol–water partition coefficient (Wildman–Crippen LogP) is 2.54. The first-order valence-corrected chi connectivity index (χ1v) is 9.53. The molecule has 26 heavy (non-hydrogen) atoms. The highest BCUT2D eigenvalue weighted by Crippen LogP contribution is 2.36. The number of amides is 1. The fourth-order valence-corrected chi connectivity index (χ4v) is 3.67. The van der Waals surface area contributed by atoms with Gasteiger partial charge in [-0.1, -0.05) is 20.8 Å². The first-order chi connectivity index (χ1) is 12.2. The molecule has 2 aliphatic heterocycles. The largest absolute Gasteiger partial charge is 0.393 e. The zero-order valence-electron chi connectivity index (χ0n) is 16.6. The summed E-state index contributed by atoms with van der Waals surface area (Å²) in [6.45, 7) is 13.7. The molecule has 2 atom stereocenters. The maximum atomic E-state index is 12.9. The van der Waals surface area contributed by atoms with Gasteiger partial charge in [0.1, 0.15) is 5.82 Å². The highest BCUT2D eigenvalue weighted by Gasteiger charge is 2.38. The minimum Gasteiger partial charge on any atom is -0.393 e. The second-order valence-corrected chi connectivity index (χ2v) is 8.50. The molecule has 1 saturated heterocycles. The number of ether oxygens (including phenoxy) is 1. The normalized spacial score (nSPS) is 21.9. The van der Waals surface area contributed by atoms with E-state index in [9.17, 15) is 9.90 Å². The quantitative estimate of drug-likeness (QED) is 0.893. The number of fused-ring (bicyclic) bond motifs is 1. The molecule has 0 radical (unpaired) electrons. The summed E-state index contributed by atoms with van der Waals surface area (Å²) in [4.78, 5) is 21.9. The standard InChI is InChI=1S/C20H31N3O3/c1-13-12-16(22-8-10-26-11-9-22)21-18-14(2)23(19(25)17(13)18)7-6-15(24)20(3,4)5/h12,14-15,24H,6-11H2,1-5H3. The summed E-state index contributed by atoms with van der Waals surface area (Å²) in [5.74, 6) is 0.966. The van der Waals surface area contributed by atoms with Crippen molar-refractivity contribution in [2.45, 2.75) is 53.2 Å². The van der Waals surface area contributed by atoms with Crippen molar-refractivity contribution >= 4 is 11.7 Å². The van der Waals surface area contributed by atoms with Crippen LogP contribution in [0.5, 0.6) is 0 Å². The molecule has 0 saturated carbocycles. The van der Waals surface area contributed by atoms with Gasteiger partial charge in [-0.3, -0.25) is 4.79 Å². The van der Waals surface area contributed by atoms with Gasteiger partial charge in [0.15, 0.2) is 0 Å². The molecule has 6 nitrogen and oxygen atoms in total. The maximum absolute atomic E-state index is 12.9. The Morgan fingerprint density at radius 3 is 2.62 bits per heavy atom. The first-order valence-electron chi connectivity index (χ1n) is 9.53. The van der Waals surface area contributed by atoms with E-state index >= 15 is 0 Å². The van der Waals surface area contributed by atoms with E-state index in [0.29, 0.717) is 26.2 Å². The topological polar surface area (TPSA) is 65.9 Å². The van der Waals surface area contributed by atoms with Crippen molar-refractivity contribution in [3.05, 3.63) is 22.9 Å². The molecule has 1 aromatic heterocycles. The van der Waals surface area contributed by atoms with Crippen LogP contribution in [0.2, 0.25) is 0 Å². The number of hydrogen-bond acceptors (Lipinski definition) is 5. The third-order valence-electron chi connectivity index (χ3n) is 5.55. The van der Waals surface area contributed by atoms with Crippen LogP contribution in [0.4, 0.5) is 5.82 Å². The smallest absolute Gasteiger partial charge is 0.256 e. The zero-order chi connectivity index (χ0) is 19.1. The van der Waals surface area contributed by atoms with Crippen LogP contribution in [-0.2, 0) is 4.74 Å². The van der Waals surface area contributed by atoms with Crippen LogP contribution in [-0.4, -0.2) is 59.8 Å². The number of hydrogen-bond donors (Lipinski definition) is 1. The lowest BCUT2D eigenvalue weighted by atomic mass is 9.87. The lowest BCUT2D eigenvalue weighted by molar-refractivity contribution is 0.0395. The molecule has 6 heteroatoms. The SMILES string of the molecule is Cc1cc(N2CCOCC2)nc2c1C(=O)N(CCC(O)C(C)(C)C)C2C. The Morgan fingerprint density at radius 2 is 2.00 bits per heavy atom. The Balaban J connectivity index is 1.80. The van der Waals surface area contributed by atoms with Crippen molar-refractivity contribution in [3.8, 4) is 0 Å². The molecule has 1 fully saturated rings. The second-order valence-electron chi connectivity index (χ2n) is 8.50.